The van der Waals surface area contributed by atoms with Crippen molar-refractivity contribution in [3.05, 3.63) is 41.1 Å². The molecule has 6 nitrogen and oxygen atoms in total. The number of aliphatic carboxylic acids is 1. The predicted octanol–water partition coefficient (Wildman–Crippen LogP) is 1.75. The Labute approximate surface area is 120 Å². The van der Waals surface area contributed by atoms with Gasteiger partial charge in [0.05, 0.1) is 17.1 Å². The molecule has 0 heterocycles. The second kappa shape index (κ2) is 7.81. The van der Waals surface area contributed by atoms with E-state index in [1.54, 1.807) is 30.3 Å². The number of hydrogen-bond acceptors (Lipinski definition) is 4. The molecule has 7 heteroatoms. The average Bonchev–Trinajstić information content (AvgIpc) is 2.41. The number of anilines is 1. The molecule has 0 aromatic heterocycles. The number of benzene rings is 1. The van der Waals surface area contributed by atoms with Crippen LogP contribution in [0.1, 0.15) is 6.42 Å². The predicted molar refractivity (Wildman–Crippen MR) is 74.0 cm³/mol. The van der Waals surface area contributed by atoms with Crippen molar-refractivity contribution in [1.82, 2.24) is 5.32 Å². The van der Waals surface area contributed by atoms with Gasteiger partial charge in [-0.25, -0.2) is 0 Å². The Morgan fingerprint density at radius 3 is 2.70 bits per heavy atom. The highest BCUT2D eigenvalue weighted by Crippen LogP contribution is 2.20. The monoisotopic (exact) mass is 293 g/mol. The molecule has 0 spiro atoms. The number of nitriles is 1. The Morgan fingerprint density at radius 1 is 1.40 bits per heavy atom. The summed E-state index contributed by atoms with van der Waals surface area (Å²) in [6, 6.07) is 8.58. The van der Waals surface area contributed by atoms with Gasteiger partial charge in [-0.05, 0) is 12.1 Å². The van der Waals surface area contributed by atoms with Crippen LogP contribution in [0.25, 0.3) is 0 Å². The fourth-order valence-electron chi connectivity index (χ4n) is 1.25. The van der Waals surface area contributed by atoms with Crippen LogP contribution in [-0.2, 0) is 9.59 Å². The van der Waals surface area contributed by atoms with Crippen LogP contribution in [0.15, 0.2) is 36.0 Å². The molecule has 1 rings (SSSR count). The molecule has 0 saturated heterocycles. The van der Waals surface area contributed by atoms with Gasteiger partial charge in [0.1, 0.15) is 11.6 Å². The number of para-hydroxylation sites is 1. The van der Waals surface area contributed by atoms with Crippen LogP contribution < -0.4 is 10.6 Å². The van der Waals surface area contributed by atoms with E-state index >= 15 is 0 Å². The number of carbonyl (C=O) groups excluding carboxylic acids is 1. The van der Waals surface area contributed by atoms with E-state index in [1.165, 1.54) is 6.20 Å². The fraction of sp³-hybridized carbons (Fsp3) is 0.154. The summed E-state index contributed by atoms with van der Waals surface area (Å²) in [5, 5.41) is 22.9. The number of nitrogens with zero attached hydrogens (tertiary/aromatic N) is 1. The lowest BCUT2D eigenvalue weighted by atomic mass is 10.2. The number of halogens is 1. The standard InChI is InChI=1S/C13H12ClN3O3/c14-10-3-1-2-4-11(10)17-8-9(7-15)13(20)16-6-5-12(18)19/h1-4,8,17H,5-6H2,(H,16,20)(H,18,19)/b9-8-. The first kappa shape index (κ1) is 15.5. The van der Waals surface area contributed by atoms with Crippen molar-refractivity contribution in [2.45, 2.75) is 6.42 Å². The van der Waals surface area contributed by atoms with Gasteiger partial charge in [-0.2, -0.15) is 5.26 Å². The van der Waals surface area contributed by atoms with Crippen molar-refractivity contribution in [2.75, 3.05) is 11.9 Å². The molecule has 20 heavy (non-hydrogen) atoms. The smallest absolute Gasteiger partial charge is 0.305 e. The van der Waals surface area contributed by atoms with Crippen LogP contribution in [0.3, 0.4) is 0 Å². The maximum Gasteiger partial charge on any atom is 0.305 e. The Balaban J connectivity index is 2.64. The lowest BCUT2D eigenvalue weighted by Crippen LogP contribution is -2.27. The van der Waals surface area contributed by atoms with Gasteiger partial charge < -0.3 is 15.7 Å². The molecular formula is C13H12ClN3O3. The molecule has 0 aliphatic heterocycles. The number of carboxylic acids is 1. The normalized spacial score (nSPS) is 10.5. The second-order valence-corrected chi connectivity index (χ2v) is 4.10. The molecule has 0 aliphatic carbocycles. The zero-order valence-electron chi connectivity index (χ0n) is 10.4. The maximum absolute atomic E-state index is 11.6. The third-order valence-electron chi connectivity index (χ3n) is 2.24. The summed E-state index contributed by atoms with van der Waals surface area (Å²) < 4.78 is 0. The minimum atomic E-state index is -1.03. The van der Waals surface area contributed by atoms with Crippen molar-refractivity contribution in [3.8, 4) is 6.07 Å². The zero-order chi connectivity index (χ0) is 15.0. The SMILES string of the molecule is N#C/C(=C/Nc1ccccc1Cl)C(=O)NCCC(=O)O. The van der Waals surface area contributed by atoms with Gasteiger partial charge in [-0.15, -0.1) is 0 Å². The van der Waals surface area contributed by atoms with Crippen LogP contribution in [0.4, 0.5) is 5.69 Å². The lowest BCUT2D eigenvalue weighted by Gasteiger charge is -2.05. The van der Waals surface area contributed by atoms with E-state index in [0.717, 1.165) is 0 Å². The molecule has 1 amide bonds. The molecule has 1 aromatic carbocycles. The van der Waals surface area contributed by atoms with E-state index in [4.69, 9.17) is 22.0 Å². The number of carboxylic acid groups (broad SMARTS) is 1. The Kier molecular flexibility index (Phi) is 6.07. The summed E-state index contributed by atoms with van der Waals surface area (Å²) in [7, 11) is 0. The lowest BCUT2D eigenvalue weighted by molar-refractivity contribution is -0.136. The quantitative estimate of drug-likeness (QED) is 0.548. The van der Waals surface area contributed by atoms with Crippen molar-refractivity contribution < 1.29 is 14.7 Å². The minimum Gasteiger partial charge on any atom is -0.481 e. The number of carbonyl (C=O) groups is 2. The number of rotatable bonds is 6. The van der Waals surface area contributed by atoms with E-state index in [0.29, 0.717) is 10.7 Å². The van der Waals surface area contributed by atoms with Crippen LogP contribution in [0, 0.1) is 11.3 Å². The van der Waals surface area contributed by atoms with Crippen LogP contribution in [-0.4, -0.2) is 23.5 Å². The summed E-state index contributed by atoms with van der Waals surface area (Å²) in [5.74, 6) is -1.67. The maximum atomic E-state index is 11.6. The molecule has 0 aliphatic rings. The van der Waals surface area contributed by atoms with Gasteiger partial charge in [0.2, 0.25) is 0 Å². The van der Waals surface area contributed by atoms with Crippen LogP contribution in [0.5, 0.6) is 0 Å². The minimum absolute atomic E-state index is 0.0424. The van der Waals surface area contributed by atoms with Gasteiger partial charge in [0.25, 0.3) is 5.91 Å². The van der Waals surface area contributed by atoms with E-state index < -0.39 is 11.9 Å². The van der Waals surface area contributed by atoms with Gasteiger partial charge in [0.15, 0.2) is 0 Å². The van der Waals surface area contributed by atoms with Crippen molar-refractivity contribution in [2.24, 2.45) is 0 Å². The summed E-state index contributed by atoms with van der Waals surface area (Å²) in [4.78, 5) is 21.9. The summed E-state index contributed by atoms with van der Waals surface area (Å²) in [6.07, 6.45) is 1.01. The number of amides is 1. The van der Waals surface area contributed by atoms with Crippen molar-refractivity contribution >= 4 is 29.2 Å². The highest BCUT2D eigenvalue weighted by Gasteiger charge is 2.09. The molecule has 3 N–H and O–H groups in total. The molecule has 0 fully saturated rings. The van der Waals surface area contributed by atoms with E-state index in [-0.39, 0.29) is 18.5 Å². The van der Waals surface area contributed by atoms with Crippen molar-refractivity contribution in [1.29, 1.82) is 5.26 Å². The van der Waals surface area contributed by atoms with E-state index in [1.807, 2.05) is 0 Å². The first-order valence-corrected chi connectivity index (χ1v) is 6.03. The fourth-order valence-corrected chi connectivity index (χ4v) is 1.45. The Hall–Kier alpha value is -2.52. The number of nitrogens with one attached hydrogen (secondary N) is 2. The summed E-state index contributed by atoms with van der Waals surface area (Å²) in [6.45, 7) is -0.0424. The van der Waals surface area contributed by atoms with Gasteiger partial charge in [0, 0.05) is 12.7 Å². The topological polar surface area (TPSA) is 102 Å². The molecular weight excluding hydrogens is 282 g/mol. The molecule has 0 radical (unpaired) electrons. The van der Waals surface area contributed by atoms with E-state index in [2.05, 4.69) is 10.6 Å². The Morgan fingerprint density at radius 2 is 2.10 bits per heavy atom. The highest BCUT2D eigenvalue weighted by atomic mass is 35.5. The number of hydrogen-bond donors (Lipinski definition) is 3. The zero-order valence-corrected chi connectivity index (χ0v) is 11.1. The van der Waals surface area contributed by atoms with E-state index in [9.17, 15) is 9.59 Å². The highest BCUT2D eigenvalue weighted by molar-refractivity contribution is 6.33. The molecule has 0 unspecified atom stereocenters. The third kappa shape index (κ3) is 5.00. The summed E-state index contributed by atoms with van der Waals surface area (Å²) >= 11 is 5.91. The Bertz CT molecular complexity index is 578. The average molecular weight is 294 g/mol. The van der Waals surface area contributed by atoms with Gasteiger partial charge >= 0.3 is 5.97 Å². The van der Waals surface area contributed by atoms with Crippen LogP contribution in [0.2, 0.25) is 5.02 Å². The van der Waals surface area contributed by atoms with Crippen LogP contribution >= 0.6 is 11.6 Å². The van der Waals surface area contributed by atoms with Gasteiger partial charge in [-0.3, -0.25) is 9.59 Å². The molecule has 1 aromatic rings. The molecule has 0 bridgehead atoms. The molecule has 0 atom stereocenters. The third-order valence-corrected chi connectivity index (χ3v) is 2.56. The molecule has 104 valence electrons. The largest absolute Gasteiger partial charge is 0.481 e. The van der Waals surface area contributed by atoms with Crippen molar-refractivity contribution in [3.63, 3.8) is 0 Å². The first-order chi connectivity index (χ1) is 9.54. The second-order valence-electron chi connectivity index (χ2n) is 3.69. The first-order valence-electron chi connectivity index (χ1n) is 5.66. The molecule has 0 saturated carbocycles. The van der Waals surface area contributed by atoms with Gasteiger partial charge in [-0.1, -0.05) is 23.7 Å². The summed E-state index contributed by atoms with van der Waals surface area (Å²) in [5.41, 5.74) is 0.385.